The van der Waals surface area contributed by atoms with Gasteiger partial charge in [0.25, 0.3) is 0 Å². The van der Waals surface area contributed by atoms with Crippen LogP contribution in [0.4, 0.5) is 26.3 Å². The smallest absolute Gasteiger partial charge is 0.416 e. The SMILES string of the molecule is OCc1nnc(/C(=C/n2cnc(-c3cc(C(F)(F)F)cc(C(F)(F)F)c3)n2)c2cncnc2)o1. The molecule has 0 saturated heterocycles. The second-order valence-corrected chi connectivity index (χ2v) is 6.67. The van der Waals surface area contributed by atoms with Gasteiger partial charge >= 0.3 is 12.4 Å². The van der Waals surface area contributed by atoms with Crippen LogP contribution in [0.1, 0.15) is 28.5 Å². The van der Waals surface area contributed by atoms with Gasteiger partial charge in [-0.2, -0.15) is 26.3 Å². The fourth-order valence-corrected chi connectivity index (χ4v) is 2.80. The van der Waals surface area contributed by atoms with Crippen molar-refractivity contribution in [2.24, 2.45) is 0 Å². The molecule has 4 rings (SSSR count). The molecule has 0 fully saturated rings. The van der Waals surface area contributed by atoms with Crippen LogP contribution in [0.15, 0.2) is 47.7 Å². The van der Waals surface area contributed by atoms with Crippen molar-refractivity contribution >= 4 is 11.8 Å². The van der Waals surface area contributed by atoms with Gasteiger partial charge in [-0.15, -0.1) is 15.3 Å². The zero-order valence-electron chi connectivity index (χ0n) is 16.6. The largest absolute Gasteiger partial charge is 0.418 e. The van der Waals surface area contributed by atoms with Crippen molar-refractivity contribution in [1.82, 2.24) is 34.9 Å². The molecule has 0 radical (unpaired) electrons. The van der Waals surface area contributed by atoms with E-state index in [-0.39, 0.29) is 23.4 Å². The molecule has 9 nitrogen and oxygen atoms in total. The maximum Gasteiger partial charge on any atom is 0.416 e. The lowest BCUT2D eigenvalue weighted by Gasteiger charge is -2.13. The average Bonchev–Trinajstić information content (AvgIpc) is 3.46. The van der Waals surface area contributed by atoms with Crippen LogP contribution in [-0.4, -0.2) is 40.0 Å². The lowest BCUT2D eigenvalue weighted by Crippen LogP contribution is -2.11. The number of aliphatic hydroxyl groups is 1. The monoisotopic (exact) mass is 483 g/mol. The number of alkyl halides is 6. The Hall–Kier alpha value is -4.14. The van der Waals surface area contributed by atoms with E-state index >= 15 is 0 Å². The van der Waals surface area contributed by atoms with Crippen molar-refractivity contribution in [3.63, 3.8) is 0 Å². The molecular formula is C19H11F6N7O2. The van der Waals surface area contributed by atoms with Gasteiger partial charge in [-0.05, 0) is 18.2 Å². The third-order valence-corrected chi connectivity index (χ3v) is 4.32. The normalized spacial score (nSPS) is 12.9. The van der Waals surface area contributed by atoms with E-state index in [1.165, 1.54) is 24.9 Å². The van der Waals surface area contributed by atoms with E-state index in [4.69, 9.17) is 9.52 Å². The summed E-state index contributed by atoms with van der Waals surface area (Å²) in [5.74, 6) is -0.562. The van der Waals surface area contributed by atoms with Crippen LogP contribution in [0.5, 0.6) is 0 Å². The molecular weight excluding hydrogens is 472 g/mol. The average molecular weight is 483 g/mol. The minimum absolute atomic E-state index is 0.0161. The Kier molecular flexibility index (Phi) is 5.87. The molecule has 0 atom stereocenters. The first-order valence-electron chi connectivity index (χ1n) is 9.16. The second-order valence-electron chi connectivity index (χ2n) is 6.67. The number of nitrogens with zero attached hydrogens (tertiary/aromatic N) is 7. The standard InChI is InChI=1S/C19H11F6N7O2/c20-18(21,22)12-1-10(2-13(3-12)19(23,24)25)16-28-9-32(31-16)6-14(11-4-26-8-27-5-11)17-30-29-15(7-33)34-17/h1-6,8-9,33H,7H2/b14-6+. The Morgan fingerprint density at radius 1 is 0.971 bits per heavy atom. The maximum absolute atomic E-state index is 13.2. The van der Waals surface area contributed by atoms with Crippen molar-refractivity contribution in [3.05, 3.63) is 71.7 Å². The van der Waals surface area contributed by atoms with E-state index in [0.717, 1.165) is 11.0 Å². The van der Waals surface area contributed by atoms with Gasteiger partial charge in [-0.3, -0.25) is 0 Å². The highest BCUT2D eigenvalue weighted by molar-refractivity contribution is 5.82. The van der Waals surface area contributed by atoms with E-state index in [0.29, 0.717) is 17.7 Å². The Balaban J connectivity index is 1.79. The number of benzene rings is 1. The van der Waals surface area contributed by atoms with Gasteiger partial charge in [0.05, 0.1) is 16.7 Å². The summed E-state index contributed by atoms with van der Waals surface area (Å²) in [5.41, 5.74) is -2.91. The zero-order valence-corrected chi connectivity index (χ0v) is 16.6. The van der Waals surface area contributed by atoms with Crippen LogP contribution in [-0.2, 0) is 19.0 Å². The van der Waals surface area contributed by atoms with Gasteiger partial charge in [0.15, 0.2) is 5.82 Å². The highest BCUT2D eigenvalue weighted by Crippen LogP contribution is 2.38. The number of halogens is 6. The summed E-state index contributed by atoms with van der Waals surface area (Å²) in [6.07, 6.45) is -3.64. The van der Waals surface area contributed by atoms with Crippen molar-refractivity contribution in [2.75, 3.05) is 0 Å². The molecule has 176 valence electrons. The van der Waals surface area contributed by atoms with E-state index in [1.54, 1.807) is 0 Å². The fourth-order valence-electron chi connectivity index (χ4n) is 2.80. The molecule has 0 saturated carbocycles. The van der Waals surface area contributed by atoms with Crippen molar-refractivity contribution in [3.8, 4) is 11.4 Å². The Bertz CT molecular complexity index is 1300. The Morgan fingerprint density at radius 3 is 2.18 bits per heavy atom. The molecule has 0 aliphatic heterocycles. The molecule has 1 N–H and O–H groups in total. The van der Waals surface area contributed by atoms with Crippen LogP contribution >= 0.6 is 0 Å². The third kappa shape index (κ3) is 4.93. The van der Waals surface area contributed by atoms with Crippen molar-refractivity contribution in [1.29, 1.82) is 0 Å². The van der Waals surface area contributed by atoms with Crippen LogP contribution in [0.25, 0.3) is 23.2 Å². The molecule has 15 heteroatoms. The first kappa shape index (κ1) is 23.0. The summed E-state index contributed by atoms with van der Waals surface area (Å²) >= 11 is 0. The van der Waals surface area contributed by atoms with Gasteiger partial charge in [0.2, 0.25) is 11.8 Å². The molecule has 0 aliphatic rings. The lowest BCUT2D eigenvalue weighted by molar-refractivity contribution is -0.143. The molecule has 0 amide bonds. The molecule has 0 spiro atoms. The molecule has 3 heterocycles. The molecule has 1 aromatic carbocycles. The molecule has 0 aliphatic carbocycles. The van der Waals surface area contributed by atoms with E-state index in [9.17, 15) is 26.3 Å². The topological polar surface area (TPSA) is 116 Å². The van der Waals surface area contributed by atoms with Crippen LogP contribution in [0.3, 0.4) is 0 Å². The fraction of sp³-hybridized carbons (Fsp3) is 0.158. The highest BCUT2D eigenvalue weighted by Gasteiger charge is 2.37. The Labute approximate surface area is 185 Å². The minimum Gasteiger partial charge on any atom is -0.418 e. The van der Waals surface area contributed by atoms with Crippen molar-refractivity contribution < 1.29 is 35.9 Å². The summed E-state index contributed by atoms with van der Waals surface area (Å²) < 4.78 is 85.3. The zero-order chi connectivity index (χ0) is 24.5. The van der Waals surface area contributed by atoms with Crippen LogP contribution in [0.2, 0.25) is 0 Å². The highest BCUT2D eigenvalue weighted by atomic mass is 19.4. The van der Waals surface area contributed by atoms with E-state index < -0.39 is 41.5 Å². The first-order chi connectivity index (χ1) is 16.0. The molecule has 4 aromatic rings. The lowest BCUT2D eigenvalue weighted by atomic mass is 10.0. The maximum atomic E-state index is 13.2. The van der Waals surface area contributed by atoms with Gasteiger partial charge in [0, 0.05) is 29.7 Å². The quantitative estimate of drug-likeness (QED) is 0.428. The first-order valence-corrected chi connectivity index (χ1v) is 9.16. The number of aromatic nitrogens is 7. The number of hydrogen-bond acceptors (Lipinski definition) is 8. The number of hydrogen-bond donors (Lipinski definition) is 1. The third-order valence-electron chi connectivity index (χ3n) is 4.32. The summed E-state index contributed by atoms with van der Waals surface area (Å²) in [7, 11) is 0. The van der Waals surface area contributed by atoms with Crippen molar-refractivity contribution in [2.45, 2.75) is 19.0 Å². The van der Waals surface area contributed by atoms with Crippen LogP contribution in [0, 0.1) is 0 Å². The molecule has 34 heavy (non-hydrogen) atoms. The Morgan fingerprint density at radius 2 is 1.62 bits per heavy atom. The van der Waals surface area contributed by atoms with Gasteiger partial charge in [0.1, 0.15) is 19.3 Å². The summed E-state index contributed by atoms with van der Waals surface area (Å²) in [4.78, 5) is 11.6. The second kappa shape index (κ2) is 8.66. The van der Waals surface area contributed by atoms with Gasteiger partial charge in [-0.25, -0.2) is 19.6 Å². The minimum atomic E-state index is -5.01. The van der Waals surface area contributed by atoms with Gasteiger partial charge in [-0.1, -0.05) is 0 Å². The van der Waals surface area contributed by atoms with E-state index in [2.05, 4.69) is 30.2 Å². The summed E-state index contributed by atoms with van der Waals surface area (Å²) in [5, 5.41) is 20.5. The number of rotatable bonds is 5. The van der Waals surface area contributed by atoms with Crippen LogP contribution < -0.4 is 0 Å². The number of aliphatic hydroxyl groups excluding tert-OH is 1. The predicted molar refractivity (Wildman–Crippen MR) is 101 cm³/mol. The summed E-state index contributed by atoms with van der Waals surface area (Å²) in [6, 6.07) is 1.06. The molecule has 3 aromatic heterocycles. The summed E-state index contributed by atoms with van der Waals surface area (Å²) in [6.45, 7) is -0.532. The predicted octanol–water partition coefficient (Wildman–Crippen LogP) is 3.69. The van der Waals surface area contributed by atoms with E-state index in [1.807, 2.05) is 0 Å². The molecule has 0 unspecified atom stereocenters. The molecule has 0 bridgehead atoms. The van der Waals surface area contributed by atoms with Gasteiger partial charge < -0.3 is 9.52 Å².